The number of pyridine rings is 8. The second kappa shape index (κ2) is 29.5. The molecule has 26 heteroatoms. The number of halogens is 12. The van der Waals surface area contributed by atoms with Crippen LogP contribution in [0.5, 0.6) is 0 Å². The number of hydrogen-bond acceptors (Lipinski definition) is 10. The summed E-state index contributed by atoms with van der Waals surface area (Å²) >= 11 is 0. The third-order valence-electron chi connectivity index (χ3n) is 8.57. The van der Waals surface area contributed by atoms with E-state index in [0.29, 0.717) is 0 Å². The topological polar surface area (TPSA) is 127 Å². The number of rotatable bonds is 12. The van der Waals surface area contributed by atoms with Crippen LogP contribution in [0, 0.1) is 27.7 Å². The summed E-state index contributed by atoms with van der Waals surface area (Å²) in [4.78, 5) is 34.2. The molecule has 412 valence electrons. The molecular formula is C50H52F12N10P2Ru2. The Morgan fingerprint density at radius 3 is 0.803 bits per heavy atom. The average molecular weight is 1290 g/mol. The Labute approximate surface area is 458 Å². The fourth-order valence-corrected chi connectivity index (χ4v) is 5.49. The first kappa shape index (κ1) is 68.1. The molecule has 0 bridgehead atoms. The van der Waals surface area contributed by atoms with Crippen LogP contribution in [0.4, 0.5) is 61.7 Å². The van der Waals surface area contributed by atoms with Crippen molar-refractivity contribution in [2.45, 2.75) is 39.5 Å². The van der Waals surface area contributed by atoms with Gasteiger partial charge in [-0.2, -0.15) is 12.8 Å². The minimum Gasteiger partial charge on any atom is -0.385 e. The number of aryl methyl sites for hydroxylation is 2. The van der Waals surface area contributed by atoms with Gasteiger partial charge in [-0.25, -0.2) is 0 Å². The van der Waals surface area contributed by atoms with E-state index < -0.39 is 15.6 Å². The fraction of sp³-hybridized carbons (Fsp3) is 0.160. The standard InChI is InChI=1S/2C15H18N3.2C10H8N2.2F6P.2Ru/c2*1-3-4-7-16-13-6-9-18-15(11-13)14-10-12(2)5-8-17-14;2*1-3-7-11-9(5-1)10-6-2-4-8-12-10;2*1-7(2,3,4,5)6;;/h2*5-6,8-11H,1,3-4,7H2,2H3,(H,16,18);2*1-8H;;;;/q2*-1;;;2*-1;2*+2. The second-order valence-corrected chi connectivity index (χ2v) is 19.2. The molecule has 10 nitrogen and oxygen atoms in total. The number of nitrogens with one attached hydrogen (secondary N) is 2. The van der Waals surface area contributed by atoms with Crippen molar-refractivity contribution in [2.24, 2.45) is 0 Å². The molecule has 0 fully saturated rings. The minimum absolute atomic E-state index is 0. The van der Waals surface area contributed by atoms with Crippen LogP contribution in [0.3, 0.4) is 0 Å². The molecule has 0 spiro atoms. The summed E-state index contributed by atoms with van der Waals surface area (Å²) in [5.41, 5.74) is 11.8. The van der Waals surface area contributed by atoms with E-state index in [9.17, 15) is 50.4 Å². The third-order valence-corrected chi connectivity index (χ3v) is 8.57. The van der Waals surface area contributed by atoms with Crippen LogP contribution in [-0.2, 0) is 39.0 Å². The summed E-state index contributed by atoms with van der Waals surface area (Å²) in [6.07, 6.45) is 18.4. The first-order valence-electron chi connectivity index (χ1n) is 22.0. The van der Waals surface area contributed by atoms with Gasteiger partial charge < -0.3 is 24.5 Å². The average Bonchev–Trinajstić information content (AvgIpc) is 3.34. The second-order valence-electron chi connectivity index (χ2n) is 15.3. The van der Waals surface area contributed by atoms with Gasteiger partial charge in [0.05, 0.1) is 45.6 Å². The van der Waals surface area contributed by atoms with Crippen LogP contribution in [0.25, 0.3) is 45.6 Å². The Balaban J connectivity index is 0.000000469. The smallest absolute Gasteiger partial charge is 0.385 e. The molecule has 0 unspecified atom stereocenters. The fourth-order valence-electron chi connectivity index (χ4n) is 5.49. The summed E-state index contributed by atoms with van der Waals surface area (Å²) in [6, 6.07) is 39.3. The molecule has 76 heavy (non-hydrogen) atoms. The predicted octanol–water partition coefficient (Wildman–Crippen LogP) is 18.0. The van der Waals surface area contributed by atoms with Gasteiger partial charge in [-0.3, -0.25) is 39.9 Å². The van der Waals surface area contributed by atoms with E-state index in [1.54, 1.807) is 24.8 Å². The first-order valence-corrected chi connectivity index (χ1v) is 26.1. The molecule has 8 heterocycles. The summed E-state index contributed by atoms with van der Waals surface area (Å²) in [5.74, 6) is 0. The van der Waals surface area contributed by atoms with Crippen molar-refractivity contribution in [1.29, 1.82) is 0 Å². The molecule has 0 saturated carbocycles. The number of aromatic nitrogens is 8. The molecule has 0 amide bonds. The summed E-state index contributed by atoms with van der Waals surface area (Å²) in [5, 5.41) is 6.73. The van der Waals surface area contributed by atoms with Gasteiger partial charge in [0.1, 0.15) is 0 Å². The maximum atomic E-state index is 9.87. The van der Waals surface area contributed by atoms with E-state index >= 15 is 0 Å². The zero-order valence-electron chi connectivity index (χ0n) is 40.5. The van der Waals surface area contributed by atoms with Crippen LogP contribution >= 0.6 is 15.6 Å². The number of unbranched alkanes of at least 4 members (excludes halogenated alkanes) is 2. The summed E-state index contributed by atoms with van der Waals surface area (Å²) in [6.45, 7) is 13.7. The maximum Gasteiger partial charge on any atom is 2.00 e. The SMILES string of the molecule is F[P-](F)(F)(F)(F)F.F[P-](F)(F)(F)(F)F.[CH2-]CCCNc1ccnc(-c2cc(C)ccn2)c1.[CH2-]CCCNc1ccnc(-c2cc(C)ccn2)c1.[Ru+2].[Ru+2].c1ccc(-c2ccccn2)nc1.c1ccc(-c2ccccn2)nc1. The van der Waals surface area contributed by atoms with Gasteiger partial charge in [-0.1, -0.05) is 37.1 Å². The Morgan fingerprint density at radius 2 is 0.579 bits per heavy atom. The van der Waals surface area contributed by atoms with Gasteiger partial charge in [0, 0.05) is 74.0 Å². The molecule has 0 aliphatic heterocycles. The van der Waals surface area contributed by atoms with Crippen molar-refractivity contribution in [3.63, 3.8) is 0 Å². The number of hydrogen-bond donors (Lipinski definition) is 2. The summed E-state index contributed by atoms with van der Waals surface area (Å²) in [7, 11) is -21.3. The quantitative estimate of drug-likeness (QED) is 0.0401. The van der Waals surface area contributed by atoms with Crippen molar-refractivity contribution < 1.29 is 89.3 Å². The molecule has 0 atom stereocenters. The number of nitrogens with zero attached hydrogens (tertiary/aromatic N) is 8. The van der Waals surface area contributed by atoms with Crippen molar-refractivity contribution >= 4 is 27.0 Å². The van der Waals surface area contributed by atoms with Crippen molar-refractivity contribution in [3.05, 3.63) is 196 Å². The van der Waals surface area contributed by atoms with Crippen molar-refractivity contribution in [1.82, 2.24) is 39.9 Å². The monoisotopic (exact) mass is 1290 g/mol. The largest absolute Gasteiger partial charge is 2.00 e. The van der Waals surface area contributed by atoms with E-state index in [1.807, 2.05) is 146 Å². The molecule has 0 aromatic carbocycles. The van der Waals surface area contributed by atoms with Crippen LogP contribution in [0.2, 0.25) is 0 Å². The van der Waals surface area contributed by atoms with E-state index in [1.165, 1.54) is 11.1 Å². The molecular weight excluding hydrogens is 1230 g/mol. The van der Waals surface area contributed by atoms with Gasteiger partial charge >= 0.3 is 105 Å². The Bertz CT molecular complexity index is 2600. The molecule has 0 radical (unpaired) electrons. The van der Waals surface area contributed by atoms with Gasteiger partial charge in [0.2, 0.25) is 0 Å². The predicted molar refractivity (Wildman–Crippen MR) is 273 cm³/mol. The normalized spacial score (nSPS) is 12.2. The molecule has 8 rings (SSSR count). The first-order chi connectivity index (χ1) is 34.4. The molecule has 0 aliphatic carbocycles. The zero-order valence-corrected chi connectivity index (χ0v) is 45.8. The van der Waals surface area contributed by atoms with E-state index in [4.69, 9.17) is 0 Å². The van der Waals surface area contributed by atoms with Crippen LogP contribution in [0.1, 0.15) is 36.8 Å². The van der Waals surface area contributed by atoms with E-state index in [2.05, 4.69) is 78.2 Å². The van der Waals surface area contributed by atoms with Crippen molar-refractivity contribution in [2.75, 3.05) is 23.7 Å². The van der Waals surface area contributed by atoms with Crippen molar-refractivity contribution in [3.8, 4) is 45.6 Å². The molecule has 0 aliphatic rings. The van der Waals surface area contributed by atoms with E-state index in [0.717, 1.165) is 95.7 Å². The van der Waals surface area contributed by atoms with Gasteiger partial charge in [-0.15, -0.1) is 0 Å². The third kappa shape index (κ3) is 36.1. The zero-order chi connectivity index (χ0) is 54.9. The van der Waals surface area contributed by atoms with Crippen LogP contribution < -0.4 is 10.6 Å². The van der Waals surface area contributed by atoms with Crippen LogP contribution in [0.15, 0.2) is 171 Å². The van der Waals surface area contributed by atoms with Gasteiger partial charge in [-0.05, 0) is 122 Å². The van der Waals surface area contributed by atoms with E-state index in [-0.39, 0.29) is 39.0 Å². The number of anilines is 2. The minimum atomic E-state index is -10.7. The molecule has 0 saturated heterocycles. The van der Waals surface area contributed by atoms with Gasteiger partial charge in [0.15, 0.2) is 0 Å². The molecule has 2 N–H and O–H groups in total. The molecule has 8 aromatic rings. The Kier molecular flexibility index (Phi) is 26.5. The molecule has 8 aromatic heterocycles. The Hall–Kier alpha value is -5.93. The maximum absolute atomic E-state index is 10.7. The summed E-state index contributed by atoms with van der Waals surface area (Å²) < 4.78 is 118. The Morgan fingerprint density at radius 1 is 0.342 bits per heavy atom. The van der Waals surface area contributed by atoms with Gasteiger partial charge in [0.25, 0.3) is 0 Å². The van der Waals surface area contributed by atoms with Crippen LogP contribution in [-0.4, -0.2) is 53.0 Å².